The molecule has 0 heterocycles. The van der Waals surface area contributed by atoms with Crippen molar-refractivity contribution >= 4 is 38.9 Å². The summed E-state index contributed by atoms with van der Waals surface area (Å²) in [5.41, 5.74) is 1.50. The predicted octanol–water partition coefficient (Wildman–Crippen LogP) is 3.19. The number of aryl methyl sites for hydroxylation is 1. The molecule has 0 aromatic heterocycles. The van der Waals surface area contributed by atoms with Crippen LogP contribution in [0.5, 0.6) is 0 Å². The van der Waals surface area contributed by atoms with Gasteiger partial charge in [-0.25, -0.2) is 12.8 Å². The highest BCUT2D eigenvalue weighted by molar-refractivity contribution is 7.92. The number of sulfonamides is 1. The number of nitrogens with zero attached hydrogens (tertiary/aromatic N) is 1. The monoisotopic (exact) mass is 370 g/mol. The number of anilines is 2. The molecular weight excluding hydrogens is 355 g/mol. The quantitative estimate of drug-likeness (QED) is 0.878. The standard InChI is InChI=1S/C16H16ClFN2O3S/c1-11-9-12(17)3-8-15(11)19-16(21)10-20(24(2,22)23)14-6-4-13(18)5-7-14/h3-9H,10H2,1-2H3,(H,19,21). The van der Waals surface area contributed by atoms with Gasteiger partial charge in [0.25, 0.3) is 0 Å². The number of carbonyl (C=O) groups is 1. The van der Waals surface area contributed by atoms with Crippen molar-refractivity contribution in [2.45, 2.75) is 6.92 Å². The van der Waals surface area contributed by atoms with E-state index in [0.717, 1.165) is 28.3 Å². The van der Waals surface area contributed by atoms with Crippen molar-refractivity contribution in [2.75, 3.05) is 22.4 Å². The number of halogens is 2. The molecule has 5 nitrogen and oxygen atoms in total. The Labute approximate surface area is 145 Å². The Morgan fingerprint density at radius 1 is 1.21 bits per heavy atom. The lowest BCUT2D eigenvalue weighted by Gasteiger charge is -2.22. The van der Waals surface area contributed by atoms with E-state index in [4.69, 9.17) is 11.6 Å². The van der Waals surface area contributed by atoms with Crippen molar-refractivity contribution in [3.8, 4) is 0 Å². The molecule has 2 aromatic carbocycles. The molecule has 24 heavy (non-hydrogen) atoms. The van der Waals surface area contributed by atoms with Gasteiger partial charge in [-0.05, 0) is 55.0 Å². The first-order valence-corrected chi connectivity index (χ1v) is 9.19. The van der Waals surface area contributed by atoms with Gasteiger partial charge in [0.15, 0.2) is 0 Å². The first-order chi connectivity index (χ1) is 11.2. The maximum atomic E-state index is 13.0. The summed E-state index contributed by atoms with van der Waals surface area (Å²) in [5, 5.41) is 3.18. The molecule has 0 spiro atoms. The predicted molar refractivity (Wildman–Crippen MR) is 93.4 cm³/mol. The van der Waals surface area contributed by atoms with Gasteiger partial charge in [-0.3, -0.25) is 9.10 Å². The van der Waals surface area contributed by atoms with E-state index in [1.165, 1.54) is 12.1 Å². The third kappa shape index (κ3) is 4.69. The van der Waals surface area contributed by atoms with E-state index >= 15 is 0 Å². The van der Waals surface area contributed by atoms with Crippen LogP contribution in [0.2, 0.25) is 5.02 Å². The molecule has 0 atom stereocenters. The molecular formula is C16H16ClFN2O3S. The molecule has 2 aromatic rings. The normalized spacial score (nSPS) is 11.2. The number of hydrogen-bond acceptors (Lipinski definition) is 3. The maximum Gasteiger partial charge on any atom is 0.245 e. The van der Waals surface area contributed by atoms with E-state index in [-0.39, 0.29) is 5.69 Å². The van der Waals surface area contributed by atoms with Crippen LogP contribution in [-0.2, 0) is 14.8 Å². The van der Waals surface area contributed by atoms with Gasteiger partial charge in [0.2, 0.25) is 15.9 Å². The van der Waals surface area contributed by atoms with Crippen LogP contribution in [0, 0.1) is 12.7 Å². The molecule has 1 amide bonds. The van der Waals surface area contributed by atoms with Crippen molar-refractivity contribution < 1.29 is 17.6 Å². The molecule has 0 aliphatic rings. The Balaban J connectivity index is 2.20. The molecule has 0 aliphatic carbocycles. The Kier molecular flexibility index (Phi) is 5.46. The minimum Gasteiger partial charge on any atom is -0.324 e. The molecule has 0 saturated carbocycles. The summed E-state index contributed by atoms with van der Waals surface area (Å²) in [6.45, 7) is 1.35. The summed E-state index contributed by atoms with van der Waals surface area (Å²) < 4.78 is 37.8. The second kappa shape index (κ2) is 7.19. The number of nitrogens with one attached hydrogen (secondary N) is 1. The van der Waals surface area contributed by atoms with Gasteiger partial charge in [-0.1, -0.05) is 11.6 Å². The van der Waals surface area contributed by atoms with Crippen LogP contribution in [0.3, 0.4) is 0 Å². The number of carbonyl (C=O) groups excluding carboxylic acids is 1. The number of benzene rings is 2. The molecule has 0 unspecified atom stereocenters. The summed E-state index contributed by atoms with van der Waals surface area (Å²) >= 11 is 5.86. The van der Waals surface area contributed by atoms with Crippen molar-refractivity contribution in [3.63, 3.8) is 0 Å². The van der Waals surface area contributed by atoms with E-state index < -0.39 is 28.3 Å². The molecule has 128 valence electrons. The lowest BCUT2D eigenvalue weighted by atomic mass is 10.2. The summed E-state index contributed by atoms with van der Waals surface area (Å²) in [4.78, 5) is 12.2. The largest absolute Gasteiger partial charge is 0.324 e. The molecule has 8 heteroatoms. The van der Waals surface area contributed by atoms with Gasteiger partial charge in [0, 0.05) is 10.7 Å². The smallest absolute Gasteiger partial charge is 0.245 e. The van der Waals surface area contributed by atoms with Crippen LogP contribution in [0.25, 0.3) is 0 Å². The highest BCUT2D eigenvalue weighted by Gasteiger charge is 2.21. The second-order valence-electron chi connectivity index (χ2n) is 5.25. The Morgan fingerprint density at radius 2 is 1.83 bits per heavy atom. The highest BCUT2D eigenvalue weighted by Crippen LogP contribution is 2.21. The van der Waals surface area contributed by atoms with Gasteiger partial charge in [-0.15, -0.1) is 0 Å². The fourth-order valence-corrected chi connectivity index (χ4v) is 3.18. The van der Waals surface area contributed by atoms with E-state index in [1.54, 1.807) is 25.1 Å². The van der Waals surface area contributed by atoms with E-state index in [2.05, 4.69) is 5.32 Å². The van der Waals surface area contributed by atoms with Crippen LogP contribution >= 0.6 is 11.6 Å². The third-order valence-electron chi connectivity index (χ3n) is 3.26. The van der Waals surface area contributed by atoms with E-state index in [0.29, 0.717) is 10.7 Å². The second-order valence-corrected chi connectivity index (χ2v) is 7.60. The van der Waals surface area contributed by atoms with Crippen LogP contribution in [0.4, 0.5) is 15.8 Å². The Bertz CT molecular complexity index is 854. The minimum absolute atomic E-state index is 0.210. The fourth-order valence-electron chi connectivity index (χ4n) is 2.09. The zero-order chi connectivity index (χ0) is 17.9. The Morgan fingerprint density at radius 3 is 2.38 bits per heavy atom. The third-order valence-corrected chi connectivity index (χ3v) is 4.64. The van der Waals surface area contributed by atoms with Crippen LogP contribution in [0.1, 0.15) is 5.56 Å². The summed E-state index contributed by atoms with van der Waals surface area (Å²) in [6, 6.07) is 9.82. The van der Waals surface area contributed by atoms with Crippen LogP contribution < -0.4 is 9.62 Å². The molecule has 2 rings (SSSR count). The van der Waals surface area contributed by atoms with Crippen molar-refractivity contribution in [2.24, 2.45) is 0 Å². The van der Waals surface area contributed by atoms with Crippen LogP contribution in [-0.4, -0.2) is 27.1 Å². The molecule has 0 aliphatic heterocycles. The summed E-state index contributed by atoms with van der Waals surface area (Å²) in [5.74, 6) is -1.01. The van der Waals surface area contributed by atoms with Crippen molar-refractivity contribution in [1.82, 2.24) is 0 Å². The van der Waals surface area contributed by atoms with Crippen LogP contribution in [0.15, 0.2) is 42.5 Å². The fraction of sp³-hybridized carbons (Fsp3) is 0.188. The van der Waals surface area contributed by atoms with Gasteiger partial charge in [-0.2, -0.15) is 0 Å². The molecule has 0 fully saturated rings. The zero-order valence-electron chi connectivity index (χ0n) is 13.1. The molecule has 0 radical (unpaired) electrons. The first kappa shape index (κ1) is 18.2. The van der Waals surface area contributed by atoms with Gasteiger partial charge in [0.05, 0.1) is 11.9 Å². The number of hydrogen-bond donors (Lipinski definition) is 1. The number of rotatable bonds is 5. The summed E-state index contributed by atoms with van der Waals surface area (Å²) in [6.07, 6.45) is 0.983. The SMILES string of the molecule is Cc1cc(Cl)ccc1NC(=O)CN(c1ccc(F)cc1)S(C)(=O)=O. The molecule has 0 bridgehead atoms. The van der Waals surface area contributed by atoms with Crippen molar-refractivity contribution in [3.05, 3.63) is 58.9 Å². The van der Waals surface area contributed by atoms with E-state index in [9.17, 15) is 17.6 Å². The lowest BCUT2D eigenvalue weighted by Crippen LogP contribution is -2.37. The topological polar surface area (TPSA) is 66.5 Å². The van der Waals surface area contributed by atoms with E-state index in [1.807, 2.05) is 0 Å². The maximum absolute atomic E-state index is 13.0. The first-order valence-electron chi connectivity index (χ1n) is 6.96. The zero-order valence-corrected chi connectivity index (χ0v) is 14.7. The average molecular weight is 371 g/mol. The lowest BCUT2D eigenvalue weighted by molar-refractivity contribution is -0.114. The highest BCUT2D eigenvalue weighted by atomic mass is 35.5. The van der Waals surface area contributed by atoms with Gasteiger partial charge < -0.3 is 5.32 Å². The van der Waals surface area contributed by atoms with Crippen molar-refractivity contribution in [1.29, 1.82) is 0 Å². The molecule has 0 saturated heterocycles. The summed E-state index contributed by atoms with van der Waals surface area (Å²) in [7, 11) is -3.71. The Hall–Kier alpha value is -2.12. The van der Waals surface area contributed by atoms with Gasteiger partial charge in [0.1, 0.15) is 12.4 Å². The minimum atomic E-state index is -3.71. The average Bonchev–Trinajstić information content (AvgIpc) is 2.48. The van der Waals surface area contributed by atoms with Gasteiger partial charge >= 0.3 is 0 Å². The number of amides is 1. The molecule has 1 N–H and O–H groups in total.